The van der Waals surface area contributed by atoms with Gasteiger partial charge in [-0.1, -0.05) is 34.5 Å². The molecule has 100 valence electrons. The molecule has 2 nitrogen and oxygen atoms in total. The molecular formula is C15H23BrN2. The van der Waals surface area contributed by atoms with E-state index in [4.69, 9.17) is 0 Å². The molecule has 0 aromatic heterocycles. The Labute approximate surface area is 119 Å². The fourth-order valence-corrected chi connectivity index (χ4v) is 2.93. The molecule has 1 saturated heterocycles. The summed E-state index contributed by atoms with van der Waals surface area (Å²) in [6, 6.07) is 8.97. The molecule has 1 heterocycles. The molecule has 0 saturated carbocycles. The van der Waals surface area contributed by atoms with E-state index in [9.17, 15) is 0 Å². The van der Waals surface area contributed by atoms with Gasteiger partial charge >= 0.3 is 0 Å². The van der Waals surface area contributed by atoms with E-state index in [1.807, 2.05) is 0 Å². The fourth-order valence-electron chi connectivity index (χ4n) is 2.52. The third-order valence-electron chi connectivity index (χ3n) is 3.68. The summed E-state index contributed by atoms with van der Waals surface area (Å²) in [7, 11) is 0. The zero-order valence-corrected chi connectivity index (χ0v) is 12.7. The Morgan fingerprint density at radius 1 is 1.28 bits per heavy atom. The number of halogens is 1. The predicted molar refractivity (Wildman–Crippen MR) is 80.9 cm³/mol. The van der Waals surface area contributed by atoms with Crippen LogP contribution in [-0.4, -0.2) is 31.1 Å². The average molecular weight is 311 g/mol. The Morgan fingerprint density at radius 3 is 2.78 bits per heavy atom. The molecule has 18 heavy (non-hydrogen) atoms. The highest BCUT2D eigenvalue weighted by Crippen LogP contribution is 2.17. The van der Waals surface area contributed by atoms with Crippen LogP contribution >= 0.6 is 15.9 Å². The summed E-state index contributed by atoms with van der Waals surface area (Å²) in [6.45, 7) is 7.06. The van der Waals surface area contributed by atoms with Crippen LogP contribution in [0, 0.1) is 0 Å². The molecule has 1 aromatic carbocycles. The van der Waals surface area contributed by atoms with Gasteiger partial charge in [0.25, 0.3) is 0 Å². The van der Waals surface area contributed by atoms with E-state index in [1.54, 1.807) is 0 Å². The first-order valence-corrected chi connectivity index (χ1v) is 7.76. The van der Waals surface area contributed by atoms with Gasteiger partial charge in [-0.3, -0.25) is 0 Å². The minimum absolute atomic E-state index is 0.423. The predicted octanol–water partition coefficient (Wildman–Crippen LogP) is 3.59. The van der Waals surface area contributed by atoms with E-state index in [2.05, 4.69) is 57.3 Å². The zero-order valence-electron chi connectivity index (χ0n) is 11.2. The van der Waals surface area contributed by atoms with Gasteiger partial charge < -0.3 is 10.2 Å². The molecule has 1 N–H and O–H groups in total. The zero-order chi connectivity index (χ0) is 12.8. The smallest absolute Gasteiger partial charge is 0.0292 e. The molecule has 0 aliphatic carbocycles. The van der Waals surface area contributed by atoms with Crippen molar-refractivity contribution in [3.8, 4) is 0 Å². The highest BCUT2D eigenvalue weighted by Gasteiger charge is 2.10. The molecule has 1 aliphatic rings. The van der Waals surface area contributed by atoms with E-state index in [0.29, 0.717) is 6.04 Å². The van der Waals surface area contributed by atoms with E-state index in [-0.39, 0.29) is 0 Å². The standard InChI is InChI=1S/C15H23BrN2/c1-13(14-6-5-7-15(16)12-14)17-8-11-18-9-3-2-4-10-18/h5-7,12-13,17H,2-4,8-11H2,1H3. The quantitative estimate of drug-likeness (QED) is 0.894. The molecule has 0 bridgehead atoms. The van der Waals surface area contributed by atoms with Gasteiger partial charge in [-0.15, -0.1) is 0 Å². The molecule has 1 aliphatic heterocycles. The van der Waals surface area contributed by atoms with Crippen LogP contribution in [-0.2, 0) is 0 Å². The number of piperidine rings is 1. The molecule has 0 amide bonds. The number of likely N-dealkylation sites (tertiary alicyclic amines) is 1. The van der Waals surface area contributed by atoms with Gasteiger partial charge in [0.05, 0.1) is 0 Å². The van der Waals surface area contributed by atoms with Crippen molar-refractivity contribution in [1.82, 2.24) is 10.2 Å². The second-order valence-corrected chi connectivity index (χ2v) is 6.05. The first-order valence-electron chi connectivity index (χ1n) is 6.97. The van der Waals surface area contributed by atoms with Crippen molar-refractivity contribution in [2.24, 2.45) is 0 Å². The van der Waals surface area contributed by atoms with Crippen molar-refractivity contribution < 1.29 is 0 Å². The maximum absolute atomic E-state index is 3.61. The minimum Gasteiger partial charge on any atom is -0.309 e. The van der Waals surface area contributed by atoms with Crippen LogP contribution in [0.3, 0.4) is 0 Å². The molecule has 0 radical (unpaired) electrons. The normalized spacial score (nSPS) is 18.8. The van der Waals surface area contributed by atoms with Gasteiger partial charge in [0.2, 0.25) is 0 Å². The van der Waals surface area contributed by atoms with Crippen molar-refractivity contribution >= 4 is 15.9 Å². The van der Waals surface area contributed by atoms with Crippen molar-refractivity contribution in [3.05, 3.63) is 34.3 Å². The van der Waals surface area contributed by atoms with Crippen molar-refractivity contribution in [2.45, 2.75) is 32.2 Å². The summed E-state index contributed by atoms with van der Waals surface area (Å²) in [5.74, 6) is 0. The SMILES string of the molecule is CC(NCCN1CCCCC1)c1cccc(Br)c1. The molecule has 3 heteroatoms. The lowest BCUT2D eigenvalue weighted by Crippen LogP contribution is -2.36. The van der Waals surface area contributed by atoms with Gasteiger partial charge in [0.15, 0.2) is 0 Å². The highest BCUT2D eigenvalue weighted by atomic mass is 79.9. The minimum atomic E-state index is 0.423. The Morgan fingerprint density at radius 2 is 2.06 bits per heavy atom. The number of nitrogens with zero attached hydrogens (tertiary/aromatic N) is 1. The second-order valence-electron chi connectivity index (χ2n) is 5.13. The van der Waals surface area contributed by atoms with Gasteiger partial charge in [0, 0.05) is 23.6 Å². The summed E-state index contributed by atoms with van der Waals surface area (Å²) in [5.41, 5.74) is 1.35. The largest absolute Gasteiger partial charge is 0.309 e. The summed E-state index contributed by atoms with van der Waals surface area (Å²) in [5, 5.41) is 3.61. The van der Waals surface area contributed by atoms with Gasteiger partial charge in [0.1, 0.15) is 0 Å². The number of rotatable bonds is 5. The molecule has 2 rings (SSSR count). The lowest BCUT2D eigenvalue weighted by molar-refractivity contribution is 0.227. The number of hydrogen-bond donors (Lipinski definition) is 1. The van der Waals surface area contributed by atoms with Crippen molar-refractivity contribution in [3.63, 3.8) is 0 Å². The van der Waals surface area contributed by atoms with E-state index in [0.717, 1.165) is 11.0 Å². The summed E-state index contributed by atoms with van der Waals surface area (Å²) < 4.78 is 1.16. The number of benzene rings is 1. The Balaban J connectivity index is 1.72. The molecule has 1 fully saturated rings. The lowest BCUT2D eigenvalue weighted by Gasteiger charge is -2.27. The van der Waals surface area contributed by atoms with Crippen LogP contribution in [0.2, 0.25) is 0 Å². The van der Waals surface area contributed by atoms with E-state index in [1.165, 1.54) is 44.5 Å². The number of nitrogens with one attached hydrogen (secondary N) is 1. The molecule has 1 aromatic rings. The second kappa shape index (κ2) is 7.27. The summed E-state index contributed by atoms with van der Waals surface area (Å²) >= 11 is 3.53. The number of hydrogen-bond acceptors (Lipinski definition) is 2. The van der Waals surface area contributed by atoms with Crippen LogP contribution in [0.25, 0.3) is 0 Å². The third kappa shape index (κ3) is 4.38. The Hall–Kier alpha value is -0.380. The van der Waals surface area contributed by atoms with Crippen molar-refractivity contribution in [2.75, 3.05) is 26.2 Å². The maximum Gasteiger partial charge on any atom is 0.0292 e. The lowest BCUT2D eigenvalue weighted by atomic mass is 10.1. The maximum atomic E-state index is 3.61. The molecule has 1 unspecified atom stereocenters. The van der Waals surface area contributed by atoms with Gasteiger partial charge in [-0.05, 0) is 50.6 Å². The summed E-state index contributed by atoms with van der Waals surface area (Å²) in [6.07, 6.45) is 4.17. The summed E-state index contributed by atoms with van der Waals surface area (Å²) in [4.78, 5) is 2.57. The topological polar surface area (TPSA) is 15.3 Å². The third-order valence-corrected chi connectivity index (χ3v) is 4.17. The van der Waals surface area contributed by atoms with E-state index < -0.39 is 0 Å². The first-order chi connectivity index (χ1) is 8.75. The van der Waals surface area contributed by atoms with Crippen LogP contribution in [0.4, 0.5) is 0 Å². The van der Waals surface area contributed by atoms with Crippen molar-refractivity contribution in [1.29, 1.82) is 0 Å². The van der Waals surface area contributed by atoms with E-state index >= 15 is 0 Å². The Bertz CT molecular complexity index is 361. The Kier molecular flexibility index (Phi) is 5.67. The van der Waals surface area contributed by atoms with Crippen LogP contribution in [0.1, 0.15) is 37.8 Å². The van der Waals surface area contributed by atoms with Gasteiger partial charge in [-0.2, -0.15) is 0 Å². The first kappa shape index (κ1) is 14.0. The van der Waals surface area contributed by atoms with Crippen LogP contribution in [0.5, 0.6) is 0 Å². The average Bonchev–Trinajstić information content (AvgIpc) is 2.40. The molecular weight excluding hydrogens is 288 g/mol. The monoisotopic (exact) mass is 310 g/mol. The van der Waals surface area contributed by atoms with Crippen LogP contribution < -0.4 is 5.32 Å². The van der Waals surface area contributed by atoms with Gasteiger partial charge in [-0.25, -0.2) is 0 Å². The molecule has 0 spiro atoms. The molecule has 1 atom stereocenters. The van der Waals surface area contributed by atoms with Crippen LogP contribution in [0.15, 0.2) is 28.7 Å². The highest BCUT2D eigenvalue weighted by molar-refractivity contribution is 9.10. The fraction of sp³-hybridized carbons (Fsp3) is 0.600.